The van der Waals surface area contributed by atoms with Crippen molar-refractivity contribution in [1.82, 2.24) is 15.4 Å². The van der Waals surface area contributed by atoms with E-state index in [0.29, 0.717) is 5.89 Å². The Balaban J connectivity index is 2.78. The maximum Gasteiger partial charge on any atom is 0.259 e. The summed E-state index contributed by atoms with van der Waals surface area (Å²) in [5.74, 6) is 0.549. The Bertz CT molecular complexity index is 317. The summed E-state index contributed by atoms with van der Waals surface area (Å²) < 4.78 is 4.76. The molecule has 2 rings (SSSR count). The minimum Gasteiger partial charge on any atom is -0.318 e. The molecule has 0 fully saturated rings. The number of hydrogen-bond acceptors (Lipinski definition) is 4. The van der Waals surface area contributed by atoms with Crippen LogP contribution in [0.1, 0.15) is 5.56 Å². The molecule has 0 unspecified atom stereocenters. The van der Waals surface area contributed by atoms with Crippen LogP contribution in [0.4, 0.5) is 0 Å². The van der Waals surface area contributed by atoms with Crippen LogP contribution in [0.5, 0.6) is 0 Å². The first-order chi connectivity index (χ1) is 4.88. The van der Waals surface area contributed by atoms with Crippen LogP contribution in [-0.2, 0) is 0 Å². The quantitative estimate of drug-likeness (QED) is 0.538. The topological polar surface area (TPSA) is 51.8 Å². The molecule has 2 aliphatic rings. The summed E-state index contributed by atoms with van der Waals surface area (Å²) in [4.78, 5) is 3.95. The number of rotatable bonds is 0. The van der Waals surface area contributed by atoms with Crippen LogP contribution < -0.4 is 0 Å². The smallest absolute Gasteiger partial charge is 0.259 e. The largest absolute Gasteiger partial charge is 0.318 e. The van der Waals surface area contributed by atoms with Crippen LogP contribution in [0, 0.1) is 6.92 Å². The predicted octanol–water partition coefficient (Wildman–Crippen LogP) is 0.878. The second kappa shape index (κ2) is 1.76. The van der Waals surface area contributed by atoms with E-state index in [-0.39, 0.29) is 0 Å². The molecule has 2 aliphatic heterocycles. The lowest BCUT2D eigenvalue weighted by atomic mass is 10.2. The Hall–Kier alpha value is -1.45. The first-order valence-corrected chi connectivity index (χ1v) is 2.90. The molecule has 4 nitrogen and oxygen atoms in total. The molecule has 0 aromatic carbocycles. The van der Waals surface area contributed by atoms with Gasteiger partial charge in [-0.15, -0.1) is 5.10 Å². The van der Waals surface area contributed by atoms with Crippen LogP contribution in [-0.4, -0.2) is 15.4 Å². The summed E-state index contributed by atoms with van der Waals surface area (Å²) in [7, 11) is 0. The number of aromatic nitrogens is 3. The number of nitrogens with zero attached hydrogens (tertiary/aromatic N) is 3. The average Bonchev–Trinajstić information content (AvgIpc) is 2.34. The van der Waals surface area contributed by atoms with Crippen molar-refractivity contribution in [3.63, 3.8) is 0 Å². The third-order valence-electron chi connectivity index (χ3n) is 1.39. The lowest BCUT2D eigenvalue weighted by Gasteiger charge is -1.90. The fraction of sp³-hybridized carbons (Fsp3) is 0.167. The molecule has 10 heavy (non-hydrogen) atoms. The normalized spacial score (nSPS) is 10.5. The fourth-order valence-electron chi connectivity index (χ4n) is 0.837. The fourth-order valence-corrected chi connectivity index (χ4v) is 0.837. The van der Waals surface area contributed by atoms with Crippen molar-refractivity contribution in [3.05, 3.63) is 18.0 Å². The highest BCUT2D eigenvalue weighted by Gasteiger charge is 2.09. The van der Waals surface area contributed by atoms with Crippen LogP contribution in [0.25, 0.3) is 11.5 Å². The maximum absolute atomic E-state index is 4.76. The van der Waals surface area contributed by atoms with Gasteiger partial charge >= 0.3 is 0 Å². The molecular formula is C6H5N3O. The zero-order valence-corrected chi connectivity index (χ0v) is 5.40. The van der Waals surface area contributed by atoms with Crippen molar-refractivity contribution in [2.45, 2.75) is 6.92 Å². The molecular weight excluding hydrogens is 130 g/mol. The lowest BCUT2D eigenvalue weighted by molar-refractivity contribution is 0.363. The SMILES string of the molecule is Cc1cnc2onncc1-2. The third-order valence-corrected chi connectivity index (χ3v) is 1.39. The first-order valence-electron chi connectivity index (χ1n) is 2.90. The molecule has 4 heteroatoms. The maximum atomic E-state index is 4.76. The summed E-state index contributed by atoms with van der Waals surface area (Å²) in [5, 5.41) is 6.93. The molecule has 0 amide bonds. The molecule has 0 N–H and O–H groups in total. The monoisotopic (exact) mass is 135 g/mol. The van der Waals surface area contributed by atoms with Gasteiger partial charge in [0.1, 0.15) is 0 Å². The summed E-state index contributed by atoms with van der Waals surface area (Å²) in [6.45, 7) is 1.95. The van der Waals surface area contributed by atoms with E-state index in [1.165, 1.54) is 0 Å². The van der Waals surface area contributed by atoms with Crippen molar-refractivity contribution in [2.75, 3.05) is 0 Å². The molecule has 0 spiro atoms. The van der Waals surface area contributed by atoms with Gasteiger partial charge in [0.2, 0.25) is 0 Å². The van der Waals surface area contributed by atoms with E-state index in [1.807, 2.05) is 6.92 Å². The Kier molecular flexibility index (Phi) is 0.943. The minimum atomic E-state index is 0.549. The standard InChI is InChI=1S/C6H5N3O/c1-4-2-7-6-5(4)3-8-9-10-6/h2-3H,1H3. The van der Waals surface area contributed by atoms with E-state index in [9.17, 15) is 0 Å². The van der Waals surface area contributed by atoms with Gasteiger partial charge in [-0.3, -0.25) is 0 Å². The highest BCUT2D eigenvalue weighted by molar-refractivity contribution is 5.57. The van der Waals surface area contributed by atoms with Crippen LogP contribution in [0.15, 0.2) is 16.9 Å². The Morgan fingerprint density at radius 3 is 3.10 bits per heavy atom. The van der Waals surface area contributed by atoms with Gasteiger partial charge in [-0.1, -0.05) is 0 Å². The highest BCUT2D eigenvalue weighted by Crippen LogP contribution is 2.20. The molecule has 0 bridgehead atoms. The Morgan fingerprint density at radius 1 is 1.40 bits per heavy atom. The molecule has 0 radical (unpaired) electrons. The molecule has 0 aromatic rings. The second-order valence-corrected chi connectivity index (χ2v) is 2.08. The third kappa shape index (κ3) is 0.586. The molecule has 0 aromatic heterocycles. The minimum absolute atomic E-state index is 0.549. The molecule has 0 saturated carbocycles. The first kappa shape index (κ1) is 5.34. The molecule has 50 valence electrons. The van der Waals surface area contributed by atoms with E-state index < -0.39 is 0 Å². The van der Waals surface area contributed by atoms with E-state index >= 15 is 0 Å². The average molecular weight is 135 g/mol. The predicted molar refractivity (Wildman–Crippen MR) is 33.5 cm³/mol. The van der Waals surface area contributed by atoms with E-state index in [1.54, 1.807) is 12.4 Å². The van der Waals surface area contributed by atoms with Gasteiger partial charge in [-0.2, -0.15) is 0 Å². The molecule has 0 saturated heterocycles. The van der Waals surface area contributed by atoms with Crippen LogP contribution >= 0.6 is 0 Å². The summed E-state index contributed by atoms with van der Waals surface area (Å²) in [6, 6.07) is 0. The zero-order valence-electron chi connectivity index (χ0n) is 5.40. The number of hydrogen-bond donors (Lipinski definition) is 0. The van der Waals surface area contributed by atoms with Crippen LogP contribution in [0.3, 0.4) is 0 Å². The summed E-state index contributed by atoms with van der Waals surface area (Å²) >= 11 is 0. The van der Waals surface area contributed by atoms with E-state index in [0.717, 1.165) is 11.1 Å². The van der Waals surface area contributed by atoms with Crippen molar-refractivity contribution >= 4 is 0 Å². The van der Waals surface area contributed by atoms with Gasteiger partial charge in [0.05, 0.1) is 11.8 Å². The molecule has 0 atom stereocenters. The van der Waals surface area contributed by atoms with Gasteiger partial charge in [-0.25, -0.2) is 4.98 Å². The van der Waals surface area contributed by atoms with Crippen molar-refractivity contribution in [2.24, 2.45) is 0 Å². The van der Waals surface area contributed by atoms with Crippen molar-refractivity contribution in [3.8, 4) is 11.5 Å². The van der Waals surface area contributed by atoms with Gasteiger partial charge < -0.3 is 4.52 Å². The summed E-state index contributed by atoms with van der Waals surface area (Å²) in [6.07, 6.45) is 3.37. The molecule has 2 heterocycles. The van der Waals surface area contributed by atoms with Crippen molar-refractivity contribution < 1.29 is 4.52 Å². The summed E-state index contributed by atoms with van der Waals surface area (Å²) in [5.41, 5.74) is 1.99. The Labute approximate surface area is 57.2 Å². The van der Waals surface area contributed by atoms with Gasteiger partial charge in [0.15, 0.2) is 0 Å². The second-order valence-electron chi connectivity index (χ2n) is 2.08. The van der Waals surface area contributed by atoms with E-state index in [4.69, 9.17) is 4.52 Å². The highest BCUT2D eigenvalue weighted by atomic mass is 16.5. The van der Waals surface area contributed by atoms with Crippen molar-refractivity contribution in [1.29, 1.82) is 0 Å². The number of aryl methyl sites for hydroxylation is 1. The van der Waals surface area contributed by atoms with Gasteiger partial charge in [-0.05, 0) is 12.5 Å². The Morgan fingerprint density at radius 2 is 2.30 bits per heavy atom. The number of fused-ring (bicyclic) bond motifs is 1. The zero-order chi connectivity index (χ0) is 6.97. The van der Waals surface area contributed by atoms with Gasteiger partial charge in [0.25, 0.3) is 5.89 Å². The van der Waals surface area contributed by atoms with Gasteiger partial charge in [0, 0.05) is 11.5 Å². The van der Waals surface area contributed by atoms with Crippen LogP contribution in [0.2, 0.25) is 0 Å². The van der Waals surface area contributed by atoms with E-state index in [2.05, 4.69) is 15.4 Å². The lowest BCUT2D eigenvalue weighted by Crippen LogP contribution is -1.83. The molecule has 0 aliphatic carbocycles.